The highest BCUT2D eigenvalue weighted by Crippen LogP contribution is 2.29. The molecule has 0 saturated carbocycles. The van der Waals surface area contributed by atoms with Crippen LogP contribution in [0.5, 0.6) is 5.75 Å². The summed E-state index contributed by atoms with van der Waals surface area (Å²) in [5, 5.41) is 6.36. The summed E-state index contributed by atoms with van der Waals surface area (Å²) in [6, 6.07) is 4.56. The zero-order valence-electron chi connectivity index (χ0n) is 11.2. The van der Waals surface area contributed by atoms with Crippen molar-refractivity contribution in [1.82, 2.24) is 4.98 Å². The lowest BCUT2D eigenvalue weighted by Crippen LogP contribution is -2.09. The second-order valence-electron chi connectivity index (χ2n) is 4.23. The maximum absolute atomic E-state index is 13.2. The largest absolute Gasteiger partial charge is 0.492 e. The standard InChI is InChI=1S/C14H17FN2OS/c1-4-18-14-7-11(15)5-6-12(14)16-9(2)13-8-19-10(3)17-13/h5-9,16H,4H2,1-3H3. The Bertz CT molecular complexity index is 556. The number of rotatable bonds is 5. The lowest BCUT2D eigenvalue weighted by molar-refractivity contribution is 0.339. The van der Waals surface area contributed by atoms with Crippen LogP contribution in [0.3, 0.4) is 0 Å². The zero-order valence-corrected chi connectivity index (χ0v) is 12.1. The molecule has 3 nitrogen and oxygen atoms in total. The summed E-state index contributed by atoms with van der Waals surface area (Å²) in [6.07, 6.45) is 0. The van der Waals surface area contributed by atoms with E-state index in [4.69, 9.17) is 4.74 Å². The van der Waals surface area contributed by atoms with Crippen LogP contribution in [0.2, 0.25) is 0 Å². The molecule has 1 N–H and O–H groups in total. The van der Waals surface area contributed by atoms with E-state index in [0.29, 0.717) is 12.4 Å². The first-order valence-electron chi connectivity index (χ1n) is 6.21. The van der Waals surface area contributed by atoms with Crippen molar-refractivity contribution in [2.24, 2.45) is 0 Å². The SMILES string of the molecule is CCOc1cc(F)ccc1NC(C)c1csc(C)n1. The number of aromatic nitrogens is 1. The van der Waals surface area contributed by atoms with Crippen molar-refractivity contribution in [2.45, 2.75) is 26.8 Å². The molecule has 2 aromatic rings. The van der Waals surface area contributed by atoms with Crippen LogP contribution in [0.1, 0.15) is 30.6 Å². The third-order valence-electron chi connectivity index (χ3n) is 2.70. The number of hydrogen-bond acceptors (Lipinski definition) is 4. The molecule has 1 unspecified atom stereocenters. The minimum atomic E-state index is -0.300. The summed E-state index contributed by atoms with van der Waals surface area (Å²) in [7, 11) is 0. The smallest absolute Gasteiger partial charge is 0.145 e. The van der Waals surface area contributed by atoms with Crippen LogP contribution in [0.4, 0.5) is 10.1 Å². The Hall–Kier alpha value is -1.62. The van der Waals surface area contributed by atoms with Crippen LogP contribution in [-0.4, -0.2) is 11.6 Å². The van der Waals surface area contributed by atoms with Gasteiger partial charge in [0.15, 0.2) is 0 Å². The van der Waals surface area contributed by atoms with Crippen LogP contribution in [-0.2, 0) is 0 Å². The zero-order chi connectivity index (χ0) is 13.8. The molecular weight excluding hydrogens is 263 g/mol. The van der Waals surface area contributed by atoms with Crippen molar-refractivity contribution in [3.05, 3.63) is 40.1 Å². The minimum absolute atomic E-state index is 0.0506. The molecule has 0 aliphatic carbocycles. The number of thiazole rings is 1. The Morgan fingerprint density at radius 2 is 2.26 bits per heavy atom. The summed E-state index contributed by atoms with van der Waals surface area (Å²) in [5.74, 6) is 0.229. The molecule has 0 aliphatic rings. The predicted molar refractivity (Wildman–Crippen MR) is 76.5 cm³/mol. The summed E-state index contributed by atoms with van der Waals surface area (Å²) in [4.78, 5) is 4.44. The Morgan fingerprint density at radius 1 is 1.47 bits per heavy atom. The van der Waals surface area contributed by atoms with Crippen molar-refractivity contribution < 1.29 is 9.13 Å². The maximum atomic E-state index is 13.2. The van der Waals surface area contributed by atoms with Crippen LogP contribution in [0, 0.1) is 12.7 Å². The fourth-order valence-electron chi connectivity index (χ4n) is 1.78. The fraction of sp³-hybridized carbons (Fsp3) is 0.357. The van der Waals surface area contributed by atoms with Crippen LogP contribution < -0.4 is 10.1 Å². The van der Waals surface area contributed by atoms with Gasteiger partial charge in [-0.3, -0.25) is 0 Å². The average Bonchev–Trinajstić information content (AvgIpc) is 2.80. The molecule has 1 aromatic carbocycles. The number of nitrogens with zero attached hydrogens (tertiary/aromatic N) is 1. The molecular formula is C14H17FN2OS. The van der Waals surface area contributed by atoms with Crippen LogP contribution >= 0.6 is 11.3 Å². The first kappa shape index (κ1) is 13.8. The molecule has 0 bridgehead atoms. The van der Waals surface area contributed by atoms with E-state index in [2.05, 4.69) is 10.3 Å². The number of anilines is 1. The quantitative estimate of drug-likeness (QED) is 0.893. The highest BCUT2D eigenvalue weighted by atomic mass is 32.1. The molecule has 1 heterocycles. The van der Waals surface area contributed by atoms with Crippen LogP contribution in [0.15, 0.2) is 23.6 Å². The van der Waals surface area contributed by atoms with Gasteiger partial charge in [-0.1, -0.05) is 0 Å². The number of benzene rings is 1. The topological polar surface area (TPSA) is 34.1 Å². The molecule has 19 heavy (non-hydrogen) atoms. The normalized spacial score (nSPS) is 12.2. The number of nitrogens with one attached hydrogen (secondary N) is 1. The van der Waals surface area contributed by atoms with E-state index in [0.717, 1.165) is 16.4 Å². The van der Waals surface area contributed by atoms with Gasteiger partial charge < -0.3 is 10.1 Å². The van der Waals surface area contributed by atoms with Crippen molar-refractivity contribution in [2.75, 3.05) is 11.9 Å². The van der Waals surface area contributed by atoms with Crippen molar-refractivity contribution in [3.63, 3.8) is 0 Å². The van der Waals surface area contributed by atoms with E-state index >= 15 is 0 Å². The van der Waals surface area contributed by atoms with Crippen molar-refractivity contribution in [3.8, 4) is 5.75 Å². The summed E-state index contributed by atoms with van der Waals surface area (Å²) in [6.45, 7) is 6.38. The van der Waals surface area contributed by atoms with Gasteiger partial charge in [0.05, 0.1) is 29.0 Å². The van der Waals surface area contributed by atoms with E-state index in [1.807, 2.05) is 26.2 Å². The number of ether oxygens (including phenoxy) is 1. The summed E-state index contributed by atoms with van der Waals surface area (Å²) in [5.41, 5.74) is 1.76. The third kappa shape index (κ3) is 3.44. The highest BCUT2D eigenvalue weighted by Gasteiger charge is 2.12. The molecule has 1 atom stereocenters. The summed E-state index contributed by atoms with van der Waals surface area (Å²) < 4.78 is 18.7. The van der Waals surface area contributed by atoms with Gasteiger partial charge in [-0.05, 0) is 32.9 Å². The minimum Gasteiger partial charge on any atom is -0.492 e. The molecule has 0 saturated heterocycles. The van der Waals surface area contributed by atoms with Gasteiger partial charge in [-0.25, -0.2) is 9.37 Å². The molecule has 0 fully saturated rings. The fourth-order valence-corrected chi connectivity index (χ4v) is 2.48. The Kier molecular flexibility index (Phi) is 4.37. The van der Waals surface area contributed by atoms with Gasteiger partial charge in [0.2, 0.25) is 0 Å². The second-order valence-corrected chi connectivity index (χ2v) is 5.29. The van der Waals surface area contributed by atoms with Gasteiger partial charge in [0.25, 0.3) is 0 Å². The molecule has 0 radical (unpaired) electrons. The van der Waals surface area contributed by atoms with E-state index in [1.54, 1.807) is 17.4 Å². The molecule has 2 rings (SSSR count). The van der Waals surface area contributed by atoms with E-state index in [9.17, 15) is 4.39 Å². The van der Waals surface area contributed by atoms with Gasteiger partial charge in [0.1, 0.15) is 11.6 Å². The van der Waals surface area contributed by atoms with E-state index in [-0.39, 0.29) is 11.9 Å². The van der Waals surface area contributed by atoms with E-state index in [1.165, 1.54) is 12.1 Å². The number of halogens is 1. The maximum Gasteiger partial charge on any atom is 0.145 e. The number of hydrogen-bond donors (Lipinski definition) is 1. The number of aryl methyl sites for hydroxylation is 1. The molecule has 102 valence electrons. The van der Waals surface area contributed by atoms with Crippen molar-refractivity contribution in [1.29, 1.82) is 0 Å². The third-order valence-corrected chi connectivity index (χ3v) is 3.49. The lowest BCUT2D eigenvalue weighted by atomic mass is 10.2. The second kappa shape index (κ2) is 6.02. The first-order valence-corrected chi connectivity index (χ1v) is 7.09. The summed E-state index contributed by atoms with van der Waals surface area (Å²) >= 11 is 1.62. The molecule has 0 aliphatic heterocycles. The lowest BCUT2D eigenvalue weighted by Gasteiger charge is -2.16. The van der Waals surface area contributed by atoms with Gasteiger partial charge >= 0.3 is 0 Å². The van der Waals surface area contributed by atoms with Crippen LogP contribution in [0.25, 0.3) is 0 Å². The highest BCUT2D eigenvalue weighted by molar-refractivity contribution is 7.09. The van der Waals surface area contributed by atoms with Gasteiger partial charge in [-0.15, -0.1) is 11.3 Å². The monoisotopic (exact) mass is 280 g/mol. The molecule has 1 aromatic heterocycles. The molecule has 5 heteroatoms. The Morgan fingerprint density at radius 3 is 2.89 bits per heavy atom. The molecule has 0 amide bonds. The Labute approximate surface area is 116 Å². The average molecular weight is 280 g/mol. The van der Waals surface area contributed by atoms with Gasteiger partial charge in [-0.2, -0.15) is 0 Å². The van der Waals surface area contributed by atoms with E-state index < -0.39 is 0 Å². The first-order chi connectivity index (χ1) is 9.10. The van der Waals surface area contributed by atoms with Crippen molar-refractivity contribution >= 4 is 17.0 Å². The predicted octanol–water partition coefficient (Wildman–Crippen LogP) is 4.16. The Balaban J connectivity index is 2.18. The molecule has 0 spiro atoms. The van der Waals surface area contributed by atoms with Gasteiger partial charge in [0, 0.05) is 11.4 Å².